The minimum absolute atomic E-state index is 0.0461. The quantitative estimate of drug-likeness (QED) is 0.566. The molecule has 0 radical (unpaired) electrons. The van der Waals surface area contributed by atoms with Crippen LogP contribution in [0.25, 0.3) is 0 Å². The van der Waals surface area contributed by atoms with E-state index in [1.165, 1.54) is 0 Å². The van der Waals surface area contributed by atoms with Crippen molar-refractivity contribution in [1.29, 1.82) is 0 Å². The lowest BCUT2D eigenvalue weighted by Gasteiger charge is -2.29. The molecule has 1 aliphatic rings. The predicted octanol–water partition coefficient (Wildman–Crippen LogP) is 0.0637. The summed E-state index contributed by atoms with van der Waals surface area (Å²) in [5, 5.41) is 9.32. The zero-order valence-corrected chi connectivity index (χ0v) is 6.79. The Balaban J connectivity index is 2.46. The van der Waals surface area contributed by atoms with Gasteiger partial charge >= 0.3 is 0 Å². The van der Waals surface area contributed by atoms with Gasteiger partial charge in [0.2, 0.25) is 0 Å². The van der Waals surface area contributed by atoms with Crippen LogP contribution in [0.2, 0.25) is 0 Å². The van der Waals surface area contributed by atoms with Gasteiger partial charge in [0.15, 0.2) is 0 Å². The summed E-state index contributed by atoms with van der Waals surface area (Å²) in [5.74, 6) is 0.223. The summed E-state index contributed by atoms with van der Waals surface area (Å²) >= 11 is 0. The van der Waals surface area contributed by atoms with E-state index >= 15 is 0 Å². The number of hydrogen-bond acceptors (Lipinski definition) is 3. The topological polar surface area (TPSA) is 63.3 Å². The van der Waals surface area contributed by atoms with Crippen molar-refractivity contribution in [3.05, 3.63) is 0 Å². The first-order chi connectivity index (χ1) is 5.11. The van der Waals surface area contributed by atoms with E-state index < -0.39 is 6.10 Å². The van der Waals surface area contributed by atoms with Gasteiger partial charge in [-0.15, -0.1) is 0 Å². The van der Waals surface area contributed by atoms with Crippen molar-refractivity contribution in [3.8, 4) is 0 Å². The van der Waals surface area contributed by atoms with Gasteiger partial charge in [0, 0.05) is 12.0 Å². The summed E-state index contributed by atoms with van der Waals surface area (Å²) in [6.45, 7) is 1.58. The van der Waals surface area contributed by atoms with Crippen molar-refractivity contribution in [2.75, 3.05) is 0 Å². The molecule has 64 valence electrons. The van der Waals surface area contributed by atoms with Gasteiger partial charge in [-0.2, -0.15) is 0 Å². The lowest BCUT2D eigenvalue weighted by molar-refractivity contribution is -0.123. The number of ketones is 1. The first kappa shape index (κ1) is 8.68. The minimum atomic E-state index is -0.474. The Bertz CT molecular complexity index is 158. The summed E-state index contributed by atoms with van der Waals surface area (Å²) in [6, 6.07) is -0.120. The lowest BCUT2D eigenvalue weighted by atomic mass is 9.82. The van der Waals surface area contributed by atoms with Gasteiger partial charge in [-0.25, -0.2) is 0 Å². The Hall–Kier alpha value is -0.410. The Morgan fingerprint density at radius 2 is 2.18 bits per heavy atom. The number of carbonyl (C=O) groups excluding carboxylic acids is 1. The third-order valence-electron chi connectivity index (χ3n) is 2.44. The van der Waals surface area contributed by atoms with E-state index in [1.54, 1.807) is 6.92 Å². The number of Topliss-reactive ketones (excluding diaryl/α,β-unsaturated/α-hetero) is 1. The Kier molecular flexibility index (Phi) is 2.62. The van der Waals surface area contributed by atoms with E-state index in [1.807, 2.05) is 0 Å². The molecule has 1 rings (SSSR count). The zero-order chi connectivity index (χ0) is 8.43. The van der Waals surface area contributed by atoms with Crippen LogP contribution in [0, 0.1) is 5.92 Å². The minimum Gasteiger partial charge on any atom is -0.391 e. The monoisotopic (exact) mass is 157 g/mol. The molecule has 11 heavy (non-hydrogen) atoms. The molecule has 0 aromatic carbocycles. The van der Waals surface area contributed by atoms with Crippen LogP contribution in [0.4, 0.5) is 0 Å². The van der Waals surface area contributed by atoms with E-state index in [2.05, 4.69) is 0 Å². The Morgan fingerprint density at radius 3 is 2.64 bits per heavy atom. The molecular weight excluding hydrogens is 142 g/mol. The Labute approximate surface area is 66.6 Å². The maximum Gasteiger partial charge on any atom is 0.133 e. The normalized spacial score (nSPS) is 38.6. The second kappa shape index (κ2) is 3.32. The molecule has 0 saturated heterocycles. The summed E-state index contributed by atoms with van der Waals surface area (Å²) in [6.07, 6.45) is 1.69. The molecule has 0 bridgehead atoms. The first-order valence-electron chi connectivity index (χ1n) is 4.05. The van der Waals surface area contributed by atoms with Crippen LogP contribution in [0.15, 0.2) is 0 Å². The fourth-order valence-corrected chi connectivity index (χ4v) is 1.54. The molecule has 1 aliphatic carbocycles. The Morgan fingerprint density at radius 1 is 1.55 bits per heavy atom. The number of hydrogen-bond donors (Lipinski definition) is 2. The average Bonchev–Trinajstić information content (AvgIpc) is 1.94. The van der Waals surface area contributed by atoms with Crippen LogP contribution in [0.3, 0.4) is 0 Å². The maximum absolute atomic E-state index is 10.9. The van der Waals surface area contributed by atoms with Crippen molar-refractivity contribution in [3.63, 3.8) is 0 Å². The highest BCUT2D eigenvalue weighted by Crippen LogP contribution is 2.23. The molecule has 0 aliphatic heterocycles. The molecule has 1 fully saturated rings. The zero-order valence-electron chi connectivity index (χ0n) is 6.79. The molecule has 0 heterocycles. The SMILES string of the molecule is CC(=O)C1CC[C@H](N)[C@@H](O)C1. The summed E-state index contributed by atoms with van der Waals surface area (Å²) < 4.78 is 0. The van der Waals surface area contributed by atoms with Gasteiger partial charge in [-0.3, -0.25) is 4.79 Å². The molecule has 0 amide bonds. The van der Waals surface area contributed by atoms with E-state index in [0.29, 0.717) is 6.42 Å². The number of rotatable bonds is 1. The summed E-state index contributed by atoms with van der Waals surface area (Å²) in [5.41, 5.74) is 5.58. The maximum atomic E-state index is 10.9. The predicted molar refractivity (Wildman–Crippen MR) is 42.0 cm³/mol. The van der Waals surface area contributed by atoms with Crippen LogP contribution in [-0.4, -0.2) is 23.0 Å². The highest BCUT2D eigenvalue weighted by molar-refractivity contribution is 5.78. The molecule has 3 nitrogen and oxygen atoms in total. The first-order valence-corrected chi connectivity index (χ1v) is 4.05. The molecule has 1 unspecified atom stereocenters. The smallest absolute Gasteiger partial charge is 0.133 e. The second-order valence-electron chi connectivity index (χ2n) is 3.35. The van der Waals surface area contributed by atoms with Gasteiger partial charge < -0.3 is 10.8 Å². The molecule has 0 aromatic rings. The molecule has 1 saturated carbocycles. The standard InChI is InChI=1S/C8H15NO2/c1-5(10)6-2-3-7(9)8(11)4-6/h6-8,11H,2-4,9H2,1H3/t6?,7-,8-/m0/s1. The molecular formula is C8H15NO2. The van der Waals surface area contributed by atoms with E-state index in [9.17, 15) is 9.90 Å². The van der Waals surface area contributed by atoms with Gasteiger partial charge in [0.1, 0.15) is 5.78 Å². The summed E-state index contributed by atoms with van der Waals surface area (Å²) in [7, 11) is 0. The molecule has 3 N–H and O–H groups in total. The number of aliphatic hydroxyl groups excluding tert-OH is 1. The van der Waals surface area contributed by atoms with Gasteiger partial charge in [-0.1, -0.05) is 0 Å². The van der Waals surface area contributed by atoms with Crippen molar-refractivity contribution in [2.45, 2.75) is 38.3 Å². The van der Waals surface area contributed by atoms with Gasteiger partial charge in [0.05, 0.1) is 6.10 Å². The second-order valence-corrected chi connectivity index (χ2v) is 3.35. The van der Waals surface area contributed by atoms with E-state index in [0.717, 1.165) is 12.8 Å². The van der Waals surface area contributed by atoms with Crippen LogP contribution < -0.4 is 5.73 Å². The van der Waals surface area contributed by atoms with Crippen LogP contribution in [-0.2, 0) is 4.79 Å². The third-order valence-corrected chi connectivity index (χ3v) is 2.44. The highest BCUT2D eigenvalue weighted by atomic mass is 16.3. The summed E-state index contributed by atoms with van der Waals surface area (Å²) in [4.78, 5) is 10.9. The van der Waals surface area contributed by atoms with Crippen LogP contribution in [0.1, 0.15) is 26.2 Å². The van der Waals surface area contributed by atoms with Crippen LogP contribution in [0.5, 0.6) is 0 Å². The van der Waals surface area contributed by atoms with E-state index in [-0.39, 0.29) is 17.7 Å². The highest BCUT2D eigenvalue weighted by Gasteiger charge is 2.28. The van der Waals surface area contributed by atoms with Crippen molar-refractivity contribution >= 4 is 5.78 Å². The van der Waals surface area contributed by atoms with Gasteiger partial charge in [-0.05, 0) is 26.2 Å². The van der Waals surface area contributed by atoms with Crippen LogP contribution >= 0.6 is 0 Å². The average molecular weight is 157 g/mol. The molecule has 0 aromatic heterocycles. The molecule has 3 atom stereocenters. The third kappa shape index (κ3) is 2.01. The molecule has 0 spiro atoms. The molecule has 3 heteroatoms. The largest absolute Gasteiger partial charge is 0.391 e. The van der Waals surface area contributed by atoms with Crippen molar-refractivity contribution in [2.24, 2.45) is 11.7 Å². The van der Waals surface area contributed by atoms with Crippen molar-refractivity contribution < 1.29 is 9.90 Å². The number of aliphatic hydroxyl groups is 1. The number of carbonyl (C=O) groups is 1. The number of nitrogens with two attached hydrogens (primary N) is 1. The van der Waals surface area contributed by atoms with Crippen molar-refractivity contribution in [1.82, 2.24) is 0 Å². The van der Waals surface area contributed by atoms with Gasteiger partial charge in [0.25, 0.3) is 0 Å². The fourth-order valence-electron chi connectivity index (χ4n) is 1.54. The fraction of sp³-hybridized carbons (Fsp3) is 0.875. The lowest BCUT2D eigenvalue weighted by Crippen LogP contribution is -2.41. The van der Waals surface area contributed by atoms with E-state index in [4.69, 9.17) is 5.73 Å².